The van der Waals surface area contributed by atoms with Crippen molar-refractivity contribution in [1.82, 2.24) is 10.6 Å². The van der Waals surface area contributed by atoms with Gasteiger partial charge in [-0.1, -0.05) is 30.3 Å². The topological polar surface area (TPSA) is 105 Å². The van der Waals surface area contributed by atoms with Crippen LogP contribution in [0.15, 0.2) is 60.8 Å². The molecule has 7 heteroatoms. The minimum atomic E-state index is -0.421. The van der Waals surface area contributed by atoms with E-state index in [-0.39, 0.29) is 12.4 Å². The van der Waals surface area contributed by atoms with E-state index in [1.807, 2.05) is 37.3 Å². The van der Waals surface area contributed by atoms with E-state index in [0.717, 1.165) is 12.1 Å². The van der Waals surface area contributed by atoms with Crippen LogP contribution in [0.2, 0.25) is 0 Å². The van der Waals surface area contributed by atoms with Crippen molar-refractivity contribution >= 4 is 11.7 Å². The summed E-state index contributed by atoms with van der Waals surface area (Å²) >= 11 is 0. The summed E-state index contributed by atoms with van der Waals surface area (Å²) in [6.45, 7) is 4.64. The molecule has 0 aliphatic rings. The Kier molecular flexibility index (Phi) is 8.72. The van der Waals surface area contributed by atoms with E-state index in [2.05, 4.69) is 10.6 Å². The van der Waals surface area contributed by atoms with Gasteiger partial charge in [-0.25, -0.2) is 10.1 Å². The van der Waals surface area contributed by atoms with E-state index in [1.54, 1.807) is 37.4 Å². The standard InChI is InChI=1S/C22H27N3O4/c1-3-24-10-9-21(23)25-22(27)18-11-19(13-20(12-18)29-16(2)14-26)28-15-17-7-5-4-6-8-17/h4-13,16,24,26H,3,14-15H2,1-2H3,(H2,23,25,27)/p+1/b10-9-/t16-/m0/s1. The highest BCUT2D eigenvalue weighted by molar-refractivity contribution is 6.08. The third kappa shape index (κ3) is 7.67. The Labute approximate surface area is 170 Å². The molecule has 0 heterocycles. The number of rotatable bonds is 10. The van der Waals surface area contributed by atoms with Crippen LogP contribution in [0.1, 0.15) is 29.8 Å². The van der Waals surface area contributed by atoms with Crippen LogP contribution >= 0.6 is 0 Å². The lowest BCUT2D eigenvalue weighted by atomic mass is 10.1. The van der Waals surface area contributed by atoms with Gasteiger partial charge >= 0.3 is 5.91 Å². The van der Waals surface area contributed by atoms with Gasteiger partial charge in [-0.05, 0) is 31.5 Å². The van der Waals surface area contributed by atoms with Crippen molar-refractivity contribution in [2.75, 3.05) is 13.2 Å². The Bertz CT molecular complexity index is 837. The van der Waals surface area contributed by atoms with Gasteiger partial charge in [-0.2, -0.15) is 0 Å². The Morgan fingerprint density at radius 1 is 1.21 bits per heavy atom. The lowest BCUT2D eigenvalue weighted by molar-refractivity contribution is -0.115. The molecule has 0 saturated heterocycles. The van der Waals surface area contributed by atoms with Gasteiger partial charge in [0.15, 0.2) is 0 Å². The molecule has 0 bridgehead atoms. The zero-order chi connectivity index (χ0) is 21.1. The van der Waals surface area contributed by atoms with Crippen LogP contribution in [0.4, 0.5) is 0 Å². The number of nitrogens with one attached hydrogen (secondary N) is 2. The summed E-state index contributed by atoms with van der Waals surface area (Å²) in [5, 5.41) is 20.7. The Hall–Kier alpha value is -3.32. The summed E-state index contributed by atoms with van der Waals surface area (Å²) < 4.78 is 11.5. The van der Waals surface area contributed by atoms with E-state index in [0.29, 0.717) is 23.7 Å². The Morgan fingerprint density at radius 3 is 2.62 bits per heavy atom. The fourth-order valence-corrected chi connectivity index (χ4v) is 2.38. The largest absolute Gasteiger partial charge is 0.489 e. The van der Waals surface area contributed by atoms with Crippen molar-refractivity contribution in [2.24, 2.45) is 0 Å². The first kappa shape index (κ1) is 22.0. The monoisotopic (exact) mass is 398 g/mol. The summed E-state index contributed by atoms with van der Waals surface area (Å²) in [7, 11) is 0. The normalized spacial score (nSPS) is 11.7. The highest BCUT2D eigenvalue weighted by atomic mass is 16.5. The number of ether oxygens (including phenoxy) is 2. The van der Waals surface area contributed by atoms with Gasteiger partial charge in [0.25, 0.3) is 5.84 Å². The molecule has 2 aromatic rings. The molecule has 2 aromatic carbocycles. The van der Waals surface area contributed by atoms with Crippen LogP contribution in [-0.4, -0.2) is 36.1 Å². The zero-order valence-electron chi connectivity index (χ0n) is 16.7. The first-order valence-corrected chi connectivity index (χ1v) is 9.44. The maximum Gasteiger partial charge on any atom is 0.339 e. The average Bonchev–Trinajstić information content (AvgIpc) is 2.73. The molecule has 0 aromatic heterocycles. The van der Waals surface area contributed by atoms with Crippen molar-refractivity contribution in [3.05, 3.63) is 71.9 Å². The van der Waals surface area contributed by atoms with Gasteiger partial charge < -0.3 is 19.9 Å². The van der Waals surface area contributed by atoms with Gasteiger partial charge in [0.2, 0.25) is 0 Å². The first-order valence-electron chi connectivity index (χ1n) is 9.44. The van der Waals surface area contributed by atoms with Crippen molar-refractivity contribution in [3.63, 3.8) is 0 Å². The molecule has 2 rings (SSSR count). The average molecular weight is 398 g/mol. The van der Waals surface area contributed by atoms with Gasteiger partial charge in [0.05, 0.1) is 12.2 Å². The molecule has 0 radical (unpaired) electrons. The quantitative estimate of drug-likeness (QED) is 0.353. The molecule has 0 saturated carbocycles. The second-order valence-electron chi connectivity index (χ2n) is 6.38. The molecule has 0 unspecified atom stereocenters. The van der Waals surface area contributed by atoms with Crippen LogP contribution in [0.3, 0.4) is 0 Å². The number of aliphatic hydroxyl groups is 1. The number of hydrogen-bond donors (Lipinski definition) is 4. The summed E-state index contributed by atoms with van der Waals surface area (Å²) in [4.78, 5) is 12.6. The number of hydrogen-bond acceptors (Lipinski definition) is 5. The van der Waals surface area contributed by atoms with Gasteiger partial charge in [-0.15, -0.1) is 0 Å². The van der Waals surface area contributed by atoms with E-state index in [1.165, 1.54) is 0 Å². The Morgan fingerprint density at radius 2 is 1.93 bits per heavy atom. The summed E-state index contributed by atoms with van der Waals surface area (Å²) in [6, 6.07) is 14.6. The Balaban J connectivity index is 2.16. The van der Waals surface area contributed by atoms with Crippen molar-refractivity contribution in [1.29, 1.82) is 0 Å². The lowest BCUT2D eigenvalue weighted by Crippen LogP contribution is -2.49. The van der Waals surface area contributed by atoms with E-state index in [9.17, 15) is 9.90 Å². The molecule has 1 amide bonds. The number of carbonyl (C=O) groups is 1. The van der Waals surface area contributed by atoms with Crippen LogP contribution in [-0.2, 0) is 6.61 Å². The second-order valence-corrected chi connectivity index (χ2v) is 6.38. The van der Waals surface area contributed by atoms with Gasteiger partial charge in [0.1, 0.15) is 24.2 Å². The van der Waals surface area contributed by atoms with E-state index < -0.39 is 12.0 Å². The maximum absolute atomic E-state index is 12.6. The number of aliphatic hydroxyl groups excluding tert-OH is 1. The molecule has 154 valence electrons. The van der Waals surface area contributed by atoms with Crippen molar-refractivity contribution < 1.29 is 24.8 Å². The smallest absolute Gasteiger partial charge is 0.339 e. The summed E-state index contributed by atoms with van der Waals surface area (Å²) in [5.41, 5.74) is 1.33. The molecule has 29 heavy (non-hydrogen) atoms. The molecule has 1 atom stereocenters. The predicted molar refractivity (Wildman–Crippen MR) is 112 cm³/mol. The van der Waals surface area contributed by atoms with Gasteiger partial charge in [-0.3, -0.25) is 5.41 Å². The third-order valence-corrected chi connectivity index (χ3v) is 3.83. The second kappa shape index (κ2) is 11.5. The molecule has 0 spiro atoms. The lowest BCUT2D eigenvalue weighted by Gasteiger charge is -2.14. The maximum atomic E-state index is 12.6. The number of benzene rings is 2. The number of carbonyl (C=O) groups excluding carboxylic acids is 1. The summed E-state index contributed by atoms with van der Waals surface area (Å²) in [6.07, 6.45) is 2.81. The van der Waals surface area contributed by atoms with Crippen molar-refractivity contribution in [2.45, 2.75) is 26.6 Å². The number of nitrogens with two attached hydrogens (primary N) is 1. The van der Waals surface area contributed by atoms with Crippen LogP contribution in [0.5, 0.6) is 11.5 Å². The third-order valence-electron chi connectivity index (χ3n) is 3.83. The molecule has 0 fully saturated rings. The van der Waals surface area contributed by atoms with Gasteiger partial charge in [0, 0.05) is 24.9 Å². The van der Waals surface area contributed by atoms with E-state index >= 15 is 0 Å². The number of amidine groups is 1. The van der Waals surface area contributed by atoms with Crippen LogP contribution in [0, 0.1) is 0 Å². The van der Waals surface area contributed by atoms with Crippen molar-refractivity contribution in [3.8, 4) is 11.5 Å². The zero-order valence-corrected chi connectivity index (χ0v) is 16.7. The van der Waals surface area contributed by atoms with Crippen LogP contribution < -0.4 is 25.5 Å². The number of amides is 1. The van der Waals surface area contributed by atoms with Crippen LogP contribution in [0.25, 0.3) is 0 Å². The molecule has 0 aliphatic carbocycles. The molecular formula is C22H28N3O4+. The van der Waals surface area contributed by atoms with E-state index in [4.69, 9.17) is 14.9 Å². The molecule has 7 nitrogen and oxygen atoms in total. The highest BCUT2D eigenvalue weighted by Gasteiger charge is 2.16. The molecule has 0 aliphatic heterocycles. The fraction of sp³-hybridized carbons (Fsp3) is 0.273. The highest BCUT2D eigenvalue weighted by Crippen LogP contribution is 2.25. The fourth-order valence-electron chi connectivity index (χ4n) is 2.38. The minimum absolute atomic E-state index is 0.146. The summed E-state index contributed by atoms with van der Waals surface area (Å²) in [5.74, 6) is 0.709. The SMILES string of the molecule is CCN/C=C\C(=[NH2+])NC(=O)c1cc(OCc2ccccc2)cc(O[C@@H](C)CO)c1. The molecular weight excluding hydrogens is 370 g/mol. The minimum Gasteiger partial charge on any atom is -0.489 e. The first-order chi connectivity index (χ1) is 14.0. The molecule has 5 N–H and O–H groups in total. The predicted octanol–water partition coefficient (Wildman–Crippen LogP) is 1.04.